The van der Waals surface area contributed by atoms with Crippen LogP contribution in [-0.2, 0) is 0 Å². The first kappa shape index (κ1) is 15.1. The number of nitrogens with zero attached hydrogens (tertiary/aromatic N) is 1. The molecular formula is C13H18Cl2N2O. The molecule has 1 saturated carbocycles. The number of rotatable bonds is 4. The second kappa shape index (κ2) is 6.30. The monoisotopic (exact) mass is 288 g/mol. The van der Waals surface area contributed by atoms with E-state index in [0.717, 1.165) is 13.1 Å². The number of anilines is 1. The lowest BCUT2D eigenvalue weighted by atomic mass is 10.1. The van der Waals surface area contributed by atoms with Gasteiger partial charge in [0.15, 0.2) is 0 Å². The summed E-state index contributed by atoms with van der Waals surface area (Å²) in [6.07, 6.45) is 2.47. The summed E-state index contributed by atoms with van der Waals surface area (Å²) in [6.45, 7) is 3.55. The van der Waals surface area contributed by atoms with Crippen LogP contribution in [0.4, 0.5) is 5.69 Å². The van der Waals surface area contributed by atoms with E-state index >= 15 is 0 Å². The van der Waals surface area contributed by atoms with Crippen molar-refractivity contribution in [2.24, 2.45) is 5.92 Å². The predicted molar refractivity (Wildman–Crippen MR) is 77.4 cm³/mol. The zero-order valence-corrected chi connectivity index (χ0v) is 11.9. The molecule has 1 aromatic rings. The minimum Gasteiger partial charge on any atom is -0.399 e. The van der Waals surface area contributed by atoms with Gasteiger partial charge in [0.2, 0.25) is 0 Å². The highest BCUT2D eigenvalue weighted by molar-refractivity contribution is 6.34. The lowest BCUT2D eigenvalue weighted by molar-refractivity contribution is 0.0757. The second-order valence-electron chi connectivity index (χ2n) is 4.53. The number of nitrogen functional groups attached to an aromatic ring is 1. The molecule has 5 heteroatoms. The summed E-state index contributed by atoms with van der Waals surface area (Å²) in [5, 5.41) is 0.434. The van der Waals surface area contributed by atoms with Crippen LogP contribution in [0.1, 0.15) is 30.1 Å². The largest absolute Gasteiger partial charge is 0.399 e. The average molecular weight is 289 g/mol. The van der Waals surface area contributed by atoms with Crippen LogP contribution in [0, 0.1) is 5.92 Å². The van der Waals surface area contributed by atoms with Crippen LogP contribution in [0.15, 0.2) is 18.2 Å². The summed E-state index contributed by atoms with van der Waals surface area (Å²) in [7, 11) is 0. The number of amides is 1. The molecule has 1 aliphatic rings. The molecule has 3 nitrogen and oxygen atoms in total. The van der Waals surface area contributed by atoms with Gasteiger partial charge in [-0.05, 0) is 43.9 Å². The van der Waals surface area contributed by atoms with E-state index in [1.807, 2.05) is 11.8 Å². The Balaban J connectivity index is 0.00000162. The molecule has 0 heterocycles. The molecule has 0 spiro atoms. The average Bonchev–Trinajstić information content (AvgIpc) is 3.09. The van der Waals surface area contributed by atoms with Crippen LogP contribution in [0.2, 0.25) is 5.02 Å². The molecule has 0 saturated heterocycles. The number of benzene rings is 1. The first-order valence-corrected chi connectivity index (χ1v) is 6.34. The van der Waals surface area contributed by atoms with E-state index in [1.165, 1.54) is 12.8 Å². The van der Waals surface area contributed by atoms with Gasteiger partial charge >= 0.3 is 0 Å². The lowest BCUT2D eigenvalue weighted by Crippen LogP contribution is -2.32. The Hall–Kier alpha value is -0.930. The van der Waals surface area contributed by atoms with Gasteiger partial charge in [0.25, 0.3) is 5.91 Å². The number of carbonyl (C=O) groups is 1. The van der Waals surface area contributed by atoms with Gasteiger partial charge in [-0.25, -0.2) is 0 Å². The van der Waals surface area contributed by atoms with Gasteiger partial charge in [0.1, 0.15) is 0 Å². The quantitative estimate of drug-likeness (QED) is 0.865. The van der Waals surface area contributed by atoms with Gasteiger partial charge in [-0.15, -0.1) is 12.4 Å². The van der Waals surface area contributed by atoms with E-state index in [9.17, 15) is 4.79 Å². The van der Waals surface area contributed by atoms with E-state index in [2.05, 4.69) is 0 Å². The van der Waals surface area contributed by atoms with Crippen LogP contribution in [0.25, 0.3) is 0 Å². The summed E-state index contributed by atoms with van der Waals surface area (Å²) in [5.74, 6) is 0.691. The molecule has 100 valence electrons. The Morgan fingerprint density at radius 3 is 2.67 bits per heavy atom. The third kappa shape index (κ3) is 3.53. The zero-order valence-electron chi connectivity index (χ0n) is 10.4. The van der Waals surface area contributed by atoms with Gasteiger partial charge in [0, 0.05) is 18.8 Å². The van der Waals surface area contributed by atoms with Crippen LogP contribution < -0.4 is 5.73 Å². The smallest absolute Gasteiger partial charge is 0.255 e. The SMILES string of the molecule is CCN(CC1CC1)C(=O)c1ccc(N)cc1Cl.Cl. The Bertz CT molecular complexity index is 433. The maximum absolute atomic E-state index is 12.3. The normalized spacial score (nSPS) is 13.9. The van der Waals surface area contributed by atoms with Gasteiger partial charge in [-0.1, -0.05) is 11.6 Å². The van der Waals surface area contributed by atoms with E-state index in [4.69, 9.17) is 17.3 Å². The molecule has 1 amide bonds. The highest BCUT2D eigenvalue weighted by atomic mass is 35.5. The van der Waals surface area contributed by atoms with Crippen molar-refractivity contribution in [1.82, 2.24) is 4.90 Å². The fraction of sp³-hybridized carbons (Fsp3) is 0.462. The van der Waals surface area contributed by atoms with Crippen molar-refractivity contribution < 1.29 is 4.79 Å². The summed E-state index contributed by atoms with van der Waals surface area (Å²) >= 11 is 6.05. The van der Waals surface area contributed by atoms with Gasteiger partial charge in [-0.3, -0.25) is 4.79 Å². The standard InChI is InChI=1S/C13H17ClN2O.ClH/c1-2-16(8-9-3-4-9)13(17)11-6-5-10(15)7-12(11)14;/h5-7,9H,2-4,8,15H2,1H3;1H. The topological polar surface area (TPSA) is 46.3 Å². The van der Waals surface area contributed by atoms with Crippen LogP contribution in [-0.4, -0.2) is 23.9 Å². The Morgan fingerprint density at radius 2 is 2.17 bits per heavy atom. The van der Waals surface area contributed by atoms with E-state index in [1.54, 1.807) is 18.2 Å². The van der Waals surface area contributed by atoms with E-state index < -0.39 is 0 Å². The summed E-state index contributed by atoms with van der Waals surface area (Å²) < 4.78 is 0. The molecule has 1 aliphatic carbocycles. The first-order valence-electron chi connectivity index (χ1n) is 5.96. The summed E-state index contributed by atoms with van der Waals surface area (Å²) in [5.41, 5.74) is 6.74. The Kier molecular flexibility index (Phi) is 5.29. The van der Waals surface area contributed by atoms with Crippen molar-refractivity contribution in [3.63, 3.8) is 0 Å². The number of nitrogens with two attached hydrogens (primary N) is 1. The van der Waals surface area contributed by atoms with Gasteiger partial charge in [-0.2, -0.15) is 0 Å². The predicted octanol–water partition coefficient (Wildman–Crippen LogP) is 3.22. The van der Waals surface area contributed by atoms with Crippen molar-refractivity contribution in [3.8, 4) is 0 Å². The second-order valence-corrected chi connectivity index (χ2v) is 4.93. The number of hydrogen-bond acceptors (Lipinski definition) is 2. The molecule has 2 N–H and O–H groups in total. The van der Waals surface area contributed by atoms with Gasteiger partial charge < -0.3 is 10.6 Å². The lowest BCUT2D eigenvalue weighted by Gasteiger charge is -2.21. The van der Waals surface area contributed by atoms with Crippen molar-refractivity contribution in [1.29, 1.82) is 0 Å². The highest BCUT2D eigenvalue weighted by Gasteiger charge is 2.27. The highest BCUT2D eigenvalue weighted by Crippen LogP contribution is 2.30. The summed E-state index contributed by atoms with van der Waals surface area (Å²) in [6, 6.07) is 5.04. The molecule has 18 heavy (non-hydrogen) atoms. The molecule has 2 rings (SSSR count). The third-order valence-electron chi connectivity index (χ3n) is 3.07. The van der Waals surface area contributed by atoms with Crippen molar-refractivity contribution in [2.75, 3.05) is 18.8 Å². The molecule has 0 unspecified atom stereocenters. The van der Waals surface area contributed by atoms with Crippen molar-refractivity contribution in [2.45, 2.75) is 19.8 Å². The molecule has 0 bridgehead atoms. The first-order chi connectivity index (χ1) is 8.11. The number of halogens is 2. The molecule has 0 radical (unpaired) electrons. The molecule has 1 aromatic carbocycles. The molecule has 0 aliphatic heterocycles. The molecule has 0 atom stereocenters. The minimum absolute atomic E-state index is 0. The van der Waals surface area contributed by atoms with Crippen LogP contribution in [0.5, 0.6) is 0 Å². The molecular weight excluding hydrogens is 271 g/mol. The third-order valence-corrected chi connectivity index (χ3v) is 3.38. The Morgan fingerprint density at radius 1 is 1.50 bits per heavy atom. The molecule has 0 aromatic heterocycles. The fourth-order valence-corrected chi connectivity index (χ4v) is 2.11. The summed E-state index contributed by atoms with van der Waals surface area (Å²) in [4.78, 5) is 14.1. The number of carbonyl (C=O) groups excluding carboxylic acids is 1. The molecule has 1 fully saturated rings. The Labute approximate surface area is 119 Å². The maximum atomic E-state index is 12.3. The number of hydrogen-bond donors (Lipinski definition) is 1. The van der Waals surface area contributed by atoms with Crippen LogP contribution >= 0.6 is 24.0 Å². The van der Waals surface area contributed by atoms with E-state index in [0.29, 0.717) is 22.2 Å². The maximum Gasteiger partial charge on any atom is 0.255 e. The van der Waals surface area contributed by atoms with Gasteiger partial charge in [0.05, 0.1) is 10.6 Å². The van der Waals surface area contributed by atoms with E-state index in [-0.39, 0.29) is 18.3 Å². The van der Waals surface area contributed by atoms with Crippen LogP contribution in [0.3, 0.4) is 0 Å². The minimum atomic E-state index is 0. The fourth-order valence-electron chi connectivity index (χ4n) is 1.84. The van der Waals surface area contributed by atoms with Crippen molar-refractivity contribution in [3.05, 3.63) is 28.8 Å². The zero-order chi connectivity index (χ0) is 12.4. The van der Waals surface area contributed by atoms with Crippen molar-refractivity contribution >= 4 is 35.6 Å².